The average molecular weight is 472 g/mol. The Bertz CT molecular complexity index is 1180. The van der Waals surface area contributed by atoms with E-state index in [9.17, 15) is 22.8 Å². The number of amides is 2. The Hall–Kier alpha value is -3.82. The Morgan fingerprint density at radius 1 is 1.21 bits per heavy atom. The second-order valence-electron chi connectivity index (χ2n) is 8.46. The fourth-order valence-electron chi connectivity index (χ4n) is 4.25. The van der Waals surface area contributed by atoms with Crippen LogP contribution >= 0.6 is 0 Å². The normalized spacial score (nSPS) is 18.1. The molecule has 0 spiro atoms. The van der Waals surface area contributed by atoms with Crippen LogP contribution in [0.5, 0.6) is 5.75 Å². The number of halogens is 3. The number of fused-ring (bicyclic) bond motifs is 1. The Labute approximate surface area is 193 Å². The molecule has 10 heteroatoms. The lowest BCUT2D eigenvalue weighted by Gasteiger charge is -2.42. The second-order valence-corrected chi connectivity index (χ2v) is 8.46. The molecular weight excluding hydrogens is 449 g/mol. The summed E-state index contributed by atoms with van der Waals surface area (Å²) in [5, 5.41) is 9.44. The first-order valence-electron chi connectivity index (χ1n) is 10.7. The summed E-state index contributed by atoms with van der Waals surface area (Å²) in [5.74, 6) is -1.80. The van der Waals surface area contributed by atoms with Gasteiger partial charge in [-0.15, -0.1) is 13.2 Å². The molecule has 0 unspecified atom stereocenters. The van der Waals surface area contributed by atoms with Crippen LogP contribution < -0.4 is 10.1 Å². The number of nitrogens with one attached hydrogen (secondary N) is 2. The van der Waals surface area contributed by atoms with Gasteiger partial charge in [-0.2, -0.15) is 5.10 Å². The minimum Gasteiger partial charge on any atom is -0.406 e. The third-order valence-electron chi connectivity index (χ3n) is 5.48. The molecule has 2 heterocycles. The molecule has 2 aromatic carbocycles. The van der Waals surface area contributed by atoms with Crippen molar-refractivity contribution in [1.82, 2.24) is 15.1 Å². The number of H-pyrrole nitrogens is 1. The molecule has 0 radical (unpaired) electrons. The first-order chi connectivity index (χ1) is 16.1. The van der Waals surface area contributed by atoms with Gasteiger partial charge in [0.25, 0.3) is 5.91 Å². The largest absolute Gasteiger partial charge is 0.573 e. The topological polar surface area (TPSA) is 87.3 Å². The van der Waals surface area contributed by atoms with Crippen LogP contribution in [0.1, 0.15) is 47.3 Å². The van der Waals surface area contributed by atoms with Crippen LogP contribution in [0.25, 0.3) is 0 Å². The summed E-state index contributed by atoms with van der Waals surface area (Å²) in [4.78, 5) is 28.7. The predicted molar refractivity (Wildman–Crippen MR) is 118 cm³/mol. The van der Waals surface area contributed by atoms with Crippen molar-refractivity contribution in [2.75, 3.05) is 11.9 Å². The minimum absolute atomic E-state index is 0.128. The number of benzene rings is 2. The van der Waals surface area contributed by atoms with Gasteiger partial charge in [0.1, 0.15) is 5.75 Å². The van der Waals surface area contributed by atoms with Crippen molar-refractivity contribution in [3.05, 3.63) is 77.6 Å². The van der Waals surface area contributed by atoms with Crippen LogP contribution in [0.4, 0.5) is 18.9 Å². The number of carbonyl (C=O) groups excluding carboxylic acids is 2. The lowest BCUT2D eigenvalue weighted by Crippen LogP contribution is -2.47. The number of aromatic nitrogens is 2. The molecule has 1 aromatic heterocycles. The number of rotatable bonds is 6. The summed E-state index contributed by atoms with van der Waals surface area (Å²) in [6.45, 7) is 4.35. The minimum atomic E-state index is -4.85. The van der Waals surface area contributed by atoms with Crippen molar-refractivity contribution in [3.63, 3.8) is 0 Å². The van der Waals surface area contributed by atoms with Crippen molar-refractivity contribution >= 4 is 17.5 Å². The van der Waals surface area contributed by atoms with E-state index in [0.717, 1.165) is 12.1 Å². The lowest BCUT2D eigenvalue weighted by atomic mass is 9.79. The first-order valence-corrected chi connectivity index (χ1v) is 10.7. The van der Waals surface area contributed by atoms with Gasteiger partial charge < -0.3 is 15.0 Å². The van der Waals surface area contributed by atoms with E-state index in [1.54, 1.807) is 41.6 Å². The summed E-state index contributed by atoms with van der Waals surface area (Å²) in [7, 11) is 0. The predicted octanol–water partition coefficient (Wildman–Crippen LogP) is 4.88. The molecule has 7 nitrogen and oxygen atoms in total. The van der Waals surface area contributed by atoms with E-state index in [2.05, 4.69) is 20.3 Å². The quantitative estimate of drug-likeness (QED) is 0.535. The Kier molecular flexibility index (Phi) is 6.32. The fourth-order valence-corrected chi connectivity index (χ4v) is 4.25. The van der Waals surface area contributed by atoms with E-state index in [0.29, 0.717) is 23.2 Å². The molecule has 1 aliphatic rings. The summed E-state index contributed by atoms with van der Waals surface area (Å²) in [5.41, 5.74) is 1.75. The van der Waals surface area contributed by atoms with Gasteiger partial charge >= 0.3 is 6.36 Å². The highest BCUT2D eigenvalue weighted by atomic mass is 19.4. The number of alkyl halides is 3. The van der Waals surface area contributed by atoms with Gasteiger partial charge in [0.15, 0.2) is 0 Å². The standard InChI is InChI=1S/C24H23F3N4O3/c1-14(2)13-31-21(15-11-28-29-12-15)20(18-8-3-4-9-19(18)23(31)33)22(32)30-16-6-5-7-17(10-16)34-24(25,26)27/h3-12,14,20-21H,13H2,1-2H3,(H,28,29)(H,30,32)/t20-,21+/m1/s1. The Morgan fingerprint density at radius 2 is 1.97 bits per heavy atom. The van der Waals surface area contributed by atoms with Crippen molar-refractivity contribution in [2.45, 2.75) is 32.2 Å². The summed E-state index contributed by atoms with van der Waals surface area (Å²) >= 11 is 0. The molecule has 178 valence electrons. The number of hydrogen-bond acceptors (Lipinski definition) is 4. The van der Waals surface area contributed by atoms with Gasteiger partial charge in [0.2, 0.25) is 5.91 Å². The molecule has 2 N–H and O–H groups in total. The molecule has 34 heavy (non-hydrogen) atoms. The van der Waals surface area contributed by atoms with Gasteiger partial charge in [0, 0.05) is 35.6 Å². The maximum Gasteiger partial charge on any atom is 0.573 e. The third-order valence-corrected chi connectivity index (χ3v) is 5.48. The molecule has 3 aromatic rings. The van der Waals surface area contributed by atoms with E-state index in [4.69, 9.17) is 0 Å². The van der Waals surface area contributed by atoms with Crippen molar-refractivity contribution < 1.29 is 27.5 Å². The average Bonchev–Trinajstić information content (AvgIpc) is 3.28. The number of anilines is 1. The summed E-state index contributed by atoms with van der Waals surface area (Å²) in [6, 6.07) is 11.3. The molecule has 0 bridgehead atoms. The van der Waals surface area contributed by atoms with Crippen LogP contribution in [0.2, 0.25) is 0 Å². The zero-order chi connectivity index (χ0) is 24.5. The molecule has 2 amide bonds. The second kappa shape index (κ2) is 9.20. The first kappa shape index (κ1) is 23.3. The number of hydrogen-bond donors (Lipinski definition) is 2. The van der Waals surface area contributed by atoms with Crippen LogP contribution in [0, 0.1) is 5.92 Å². The van der Waals surface area contributed by atoms with E-state index < -0.39 is 30.0 Å². The zero-order valence-corrected chi connectivity index (χ0v) is 18.5. The van der Waals surface area contributed by atoms with E-state index in [1.807, 2.05) is 13.8 Å². The molecule has 0 saturated heterocycles. The van der Waals surface area contributed by atoms with Gasteiger partial charge in [-0.1, -0.05) is 38.1 Å². The highest BCUT2D eigenvalue weighted by Gasteiger charge is 2.44. The highest BCUT2D eigenvalue weighted by Crippen LogP contribution is 2.43. The van der Waals surface area contributed by atoms with Crippen LogP contribution in [-0.2, 0) is 4.79 Å². The van der Waals surface area contributed by atoms with Gasteiger partial charge in [-0.25, -0.2) is 0 Å². The summed E-state index contributed by atoms with van der Waals surface area (Å²) in [6.07, 6.45) is -1.65. The monoisotopic (exact) mass is 472 g/mol. The third kappa shape index (κ3) is 4.90. The lowest BCUT2D eigenvalue weighted by molar-refractivity contribution is -0.274. The fraction of sp³-hybridized carbons (Fsp3) is 0.292. The number of nitrogens with zero attached hydrogens (tertiary/aromatic N) is 2. The number of aromatic amines is 1. The van der Waals surface area contributed by atoms with E-state index >= 15 is 0 Å². The maximum atomic E-state index is 13.6. The Balaban J connectivity index is 1.74. The molecular formula is C24H23F3N4O3. The zero-order valence-electron chi connectivity index (χ0n) is 18.5. The number of ether oxygens (including phenoxy) is 1. The van der Waals surface area contributed by atoms with E-state index in [1.165, 1.54) is 12.1 Å². The van der Waals surface area contributed by atoms with Crippen LogP contribution in [0.15, 0.2) is 60.9 Å². The van der Waals surface area contributed by atoms with Crippen molar-refractivity contribution in [1.29, 1.82) is 0 Å². The SMILES string of the molecule is CC(C)CN1C(=O)c2ccccc2[C@@H](C(=O)Nc2cccc(OC(F)(F)F)c2)[C@@H]1c1cn[nH]c1. The maximum absolute atomic E-state index is 13.6. The summed E-state index contributed by atoms with van der Waals surface area (Å²) < 4.78 is 41.8. The van der Waals surface area contributed by atoms with Gasteiger partial charge in [-0.05, 0) is 29.7 Å². The van der Waals surface area contributed by atoms with Gasteiger partial charge in [0.05, 0.1) is 18.2 Å². The smallest absolute Gasteiger partial charge is 0.406 e. The molecule has 0 aliphatic carbocycles. The van der Waals surface area contributed by atoms with Crippen LogP contribution in [0.3, 0.4) is 0 Å². The molecule has 0 saturated carbocycles. The Morgan fingerprint density at radius 3 is 2.65 bits per heavy atom. The molecule has 4 rings (SSSR count). The number of carbonyl (C=O) groups is 2. The van der Waals surface area contributed by atoms with Crippen molar-refractivity contribution in [2.24, 2.45) is 5.92 Å². The molecule has 0 fully saturated rings. The molecule has 1 aliphatic heterocycles. The van der Waals surface area contributed by atoms with E-state index in [-0.39, 0.29) is 17.5 Å². The van der Waals surface area contributed by atoms with Crippen LogP contribution in [-0.4, -0.2) is 39.8 Å². The van der Waals surface area contributed by atoms with Crippen molar-refractivity contribution in [3.8, 4) is 5.75 Å². The molecule has 2 atom stereocenters. The van der Waals surface area contributed by atoms with Gasteiger partial charge in [-0.3, -0.25) is 14.7 Å². The highest BCUT2D eigenvalue weighted by molar-refractivity contribution is 6.04.